The van der Waals surface area contributed by atoms with Gasteiger partial charge in [-0.2, -0.15) is 0 Å². The van der Waals surface area contributed by atoms with Gasteiger partial charge in [-0.05, 0) is 28.4 Å². The topological polar surface area (TPSA) is 0 Å². The van der Waals surface area contributed by atoms with Crippen molar-refractivity contribution < 1.29 is 0 Å². The van der Waals surface area contributed by atoms with Gasteiger partial charge in [0.1, 0.15) is 0 Å². The molecule has 0 atom stereocenters. The molecule has 0 aromatic rings. The van der Waals surface area contributed by atoms with E-state index in [-0.39, 0.29) is 0 Å². The van der Waals surface area contributed by atoms with Gasteiger partial charge in [-0.15, -0.1) is 5.73 Å². The van der Waals surface area contributed by atoms with E-state index in [1.165, 1.54) is 5.57 Å². The second-order valence-electron chi connectivity index (χ2n) is 4.28. The Morgan fingerprint density at radius 3 is 1.64 bits per heavy atom. The van der Waals surface area contributed by atoms with Gasteiger partial charge in [-0.1, -0.05) is 27.7 Å². The Kier molecular flexibility index (Phi) is 1.85. The maximum atomic E-state index is 3.40. The lowest BCUT2D eigenvalue weighted by Crippen LogP contribution is -1.95. The van der Waals surface area contributed by atoms with Crippen LogP contribution in [-0.2, 0) is 0 Å². The van der Waals surface area contributed by atoms with E-state index in [1.807, 2.05) is 6.92 Å². The minimum Gasteiger partial charge on any atom is -0.110 e. The molecule has 0 aromatic carbocycles. The van der Waals surface area contributed by atoms with Crippen LogP contribution in [0.1, 0.15) is 34.6 Å². The minimum atomic E-state index is 0.349. The summed E-state index contributed by atoms with van der Waals surface area (Å²) in [5.74, 6) is 0. The first kappa shape index (κ1) is 9.09. The smallest absolute Gasteiger partial charge is 0.0337 e. The van der Waals surface area contributed by atoms with Crippen LogP contribution < -0.4 is 0 Å². The molecule has 0 amide bonds. The van der Waals surface area contributed by atoms with Crippen LogP contribution in [0.15, 0.2) is 15.8 Å². The molecular formula is C10H15Br. The zero-order valence-electron chi connectivity index (χ0n) is 7.88. The molecule has 1 heteroatoms. The molecule has 1 fully saturated rings. The third-order valence-corrected chi connectivity index (χ3v) is 3.25. The quantitative estimate of drug-likeness (QED) is 0.538. The summed E-state index contributed by atoms with van der Waals surface area (Å²) in [6.07, 6.45) is 0. The van der Waals surface area contributed by atoms with E-state index < -0.39 is 0 Å². The largest absolute Gasteiger partial charge is 0.110 e. The number of halogens is 1. The molecule has 11 heavy (non-hydrogen) atoms. The average molecular weight is 215 g/mol. The predicted octanol–water partition coefficient (Wildman–Crippen LogP) is 3.88. The molecule has 0 heterocycles. The van der Waals surface area contributed by atoms with E-state index >= 15 is 0 Å². The van der Waals surface area contributed by atoms with E-state index in [9.17, 15) is 0 Å². The molecule has 0 radical (unpaired) electrons. The zero-order chi connectivity index (χ0) is 8.86. The van der Waals surface area contributed by atoms with Crippen molar-refractivity contribution in [3.63, 3.8) is 0 Å². The van der Waals surface area contributed by atoms with Crippen molar-refractivity contribution in [2.24, 2.45) is 10.8 Å². The number of rotatable bonds is 0. The lowest BCUT2D eigenvalue weighted by Gasteiger charge is -2.02. The van der Waals surface area contributed by atoms with Crippen LogP contribution in [0.3, 0.4) is 0 Å². The van der Waals surface area contributed by atoms with Crippen molar-refractivity contribution in [2.45, 2.75) is 34.6 Å². The molecule has 0 N–H and O–H groups in total. The highest BCUT2D eigenvalue weighted by Gasteiger charge is 2.60. The first-order valence-electron chi connectivity index (χ1n) is 3.94. The van der Waals surface area contributed by atoms with E-state index in [0.717, 1.165) is 4.48 Å². The Hall–Kier alpha value is -0.0000000000000000278. The van der Waals surface area contributed by atoms with Gasteiger partial charge in [0.05, 0.1) is 0 Å². The normalized spacial score (nSPS) is 24.4. The molecule has 0 saturated heterocycles. The Labute approximate surface area is 77.5 Å². The molecular weight excluding hydrogens is 200 g/mol. The fourth-order valence-electron chi connectivity index (χ4n) is 1.52. The number of allylic oxidation sites excluding steroid dienone is 1. The van der Waals surface area contributed by atoms with Gasteiger partial charge in [0.2, 0.25) is 0 Å². The Bertz CT molecular complexity index is 230. The van der Waals surface area contributed by atoms with E-state index in [1.54, 1.807) is 0 Å². The van der Waals surface area contributed by atoms with Gasteiger partial charge in [0.25, 0.3) is 0 Å². The molecule has 0 aromatic heterocycles. The van der Waals surface area contributed by atoms with Crippen LogP contribution in [0.2, 0.25) is 0 Å². The van der Waals surface area contributed by atoms with Crippen LogP contribution >= 0.6 is 15.9 Å². The van der Waals surface area contributed by atoms with Crippen LogP contribution in [0, 0.1) is 10.8 Å². The van der Waals surface area contributed by atoms with E-state index in [4.69, 9.17) is 0 Å². The summed E-state index contributed by atoms with van der Waals surface area (Å²) in [5, 5.41) is 0. The lowest BCUT2D eigenvalue weighted by molar-refractivity contribution is 0.457. The van der Waals surface area contributed by atoms with Gasteiger partial charge >= 0.3 is 0 Å². The molecule has 0 spiro atoms. The van der Waals surface area contributed by atoms with Crippen LogP contribution in [0.25, 0.3) is 0 Å². The fourth-order valence-corrected chi connectivity index (χ4v) is 1.71. The summed E-state index contributed by atoms with van der Waals surface area (Å²) in [5.41, 5.74) is 5.48. The second kappa shape index (κ2) is 2.24. The van der Waals surface area contributed by atoms with Crippen molar-refractivity contribution in [3.8, 4) is 0 Å². The highest BCUT2D eigenvalue weighted by Crippen LogP contribution is 2.67. The van der Waals surface area contributed by atoms with Gasteiger partial charge < -0.3 is 0 Å². The average Bonchev–Trinajstić information content (AvgIpc) is 2.11. The maximum absolute atomic E-state index is 3.40. The van der Waals surface area contributed by atoms with Gasteiger partial charge in [0.15, 0.2) is 0 Å². The summed E-state index contributed by atoms with van der Waals surface area (Å²) in [6.45, 7) is 11.1. The summed E-state index contributed by atoms with van der Waals surface area (Å²) < 4.78 is 1.10. The third kappa shape index (κ3) is 1.21. The lowest BCUT2D eigenvalue weighted by atomic mass is 10.0. The summed E-state index contributed by atoms with van der Waals surface area (Å²) in [7, 11) is 0. The molecule has 1 aliphatic rings. The van der Waals surface area contributed by atoms with Crippen molar-refractivity contribution in [2.75, 3.05) is 0 Å². The molecule has 62 valence electrons. The minimum absolute atomic E-state index is 0.349. The fraction of sp³-hybridized carbons (Fsp3) is 0.700. The van der Waals surface area contributed by atoms with Crippen LogP contribution in [-0.4, -0.2) is 0 Å². The summed E-state index contributed by atoms with van der Waals surface area (Å²) in [6, 6.07) is 0. The second-order valence-corrected chi connectivity index (χ2v) is 5.47. The van der Waals surface area contributed by atoms with Crippen molar-refractivity contribution in [3.05, 3.63) is 15.8 Å². The third-order valence-electron chi connectivity index (χ3n) is 3.05. The summed E-state index contributed by atoms with van der Waals surface area (Å²) >= 11 is 3.40. The molecule has 1 aliphatic carbocycles. The first-order chi connectivity index (χ1) is 4.80. The van der Waals surface area contributed by atoms with Crippen LogP contribution in [0.4, 0.5) is 0 Å². The van der Waals surface area contributed by atoms with Gasteiger partial charge in [-0.25, -0.2) is 0 Å². The highest BCUT2D eigenvalue weighted by molar-refractivity contribution is 9.11. The monoisotopic (exact) mass is 214 g/mol. The number of hydrogen-bond donors (Lipinski definition) is 0. The van der Waals surface area contributed by atoms with Crippen molar-refractivity contribution in [1.82, 2.24) is 0 Å². The Morgan fingerprint density at radius 1 is 1.18 bits per heavy atom. The molecule has 0 bridgehead atoms. The molecule has 0 unspecified atom stereocenters. The maximum Gasteiger partial charge on any atom is 0.0337 e. The highest BCUT2D eigenvalue weighted by atomic mass is 79.9. The zero-order valence-corrected chi connectivity index (χ0v) is 9.46. The SMILES string of the molecule is CC(Br)=C=C1C(C)(C)C1(C)C. The molecule has 1 rings (SSSR count). The van der Waals surface area contributed by atoms with Crippen LogP contribution in [0.5, 0.6) is 0 Å². The van der Waals surface area contributed by atoms with Gasteiger partial charge in [-0.3, -0.25) is 0 Å². The standard InChI is InChI=1S/C10H15Br/c1-7(11)6-8-9(2,3)10(8,4)5/h1-5H3. The van der Waals surface area contributed by atoms with E-state index in [0.29, 0.717) is 10.8 Å². The number of hydrogen-bond acceptors (Lipinski definition) is 0. The van der Waals surface area contributed by atoms with E-state index in [2.05, 4.69) is 49.4 Å². The predicted molar refractivity (Wildman–Crippen MR) is 52.7 cm³/mol. The van der Waals surface area contributed by atoms with Crippen molar-refractivity contribution in [1.29, 1.82) is 0 Å². The summed E-state index contributed by atoms with van der Waals surface area (Å²) in [4.78, 5) is 0. The van der Waals surface area contributed by atoms with Gasteiger partial charge in [0, 0.05) is 15.3 Å². The Balaban J connectivity index is 3.11. The Morgan fingerprint density at radius 2 is 1.55 bits per heavy atom. The molecule has 1 saturated carbocycles. The molecule has 0 aliphatic heterocycles. The first-order valence-corrected chi connectivity index (χ1v) is 4.73. The van der Waals surface area contributed by atoms with Crippen molar-refractivity contribution >= 4 is 15.9 Å². The molecule has 0 nitrogen and oxygen atoms in total.